The number of halogens is 5. The molecule has 0 saturated carbocycles. The summed E-state index contributed by atoms with van der Waals surface area (Å²) < 4.78 is 63.9. The Morgan fingerprint density at radius 3 is 2.43 bits per heavy atom. The zero-order valence-electron chi connectivity index (χ0n) is 12.5. The molecule has 1 aromatic carbocycles. The first-order valence-corrected chi connectivity index (χ1v) is 7.19. The first kappa shape index (κ1) is 17.7. The fraction of sp³-hybridized carbons (Fsp3) is 0.533. The molecule has 1 saturated heterocycles. The second-order valence-electron chi connectivity index (χ2n) is 5.66. The standard InChI is InChI=1S/C15H17F5N2O/c1-21(13-8-11(16)2-3-12(13)17)14(23)10-4-6-22(7-5-10)9-15(18,19)20/h2-3,8,10H,4-7,9H2,1H3. The summed E-state index contributed by atoms with van der Waals surface area (Å²) >= 11 is 0. The molecule has 23 heavy (non-hydrogen) atoms. The van der Waals surface area contributed by atoms with Crippen molar-refractivity contribution in [1.29, 1.82) is 0 Å². The number of carbonyl (C=O) groups excluding carboxylic acids is 1. The van der Waals surface area contributed by atoms with Gasteiger partial charge in [-0.1, -0.05) is 0 Å². The van der Waals surface area contributed by atoms with Crippen molar-refractivity contribution >= 4 is 11.6 Å². The van der Waals surface area contributed by atoms with Crippen molar-refractivity contribution in [2.45, 2.75) is 19.0 Å². The number of amides is 1. The highest BCUT2D eigenvalue weighted by atomic mass is 19.4. The Labute approximate surface area is 130 Å². The zero-order chi connectivity index (χ0) is 17.2. The van der Waals surface area contributed by atoms with Crippen molar-refractivity contribution in [3.8, 4) is 0 Å². The van der Waals surface area contributed by atoms with Crippen LogP contribution in [-0.2, 0) is 4.79 Å². The molecule has 1 heterocycles. The van der Waals surface area contributed by atoms with Crippen LogP contribution in [0.2, 0.25) is 0 Å². The van der Waals surface area contributed by atoms with E-state index >= 15 is 0 Å². The molecule has 1 amide bonds. The van der Waals surface area contributed by atoms with E-state index in [2.05, 4.69) is 0 Å². The van der Waals surface area contributed by atoms with Crippen LogP contribution in [0.3, 0.4) is 0 Å². The number of anilines is 1. The topological polar surface area (TPSA) is 23.6 Å². The van der Waals surface area contributed by atoms with E-state index in [1.807, 2.05) is 0 Å². The lowest BCUT2D eigenvalue weighted by molar-refractivity contribution is -0.149. The summed E-state index contributed by atoms with van der Waals surface area (Å²) in [4.78, 5) is 14.6. The number of rotatable bonds is 3. The Kier molecular flexibility index (Phi) is 5.23. The van der Waals surface area contributed by atoms with Crippen LogP contribution in [0.1, 0.15) is 12.8 Å². The number of carbonyl (C=O) groups is 1. The van der Waals surface area contributed by atoms with E-state index in [1.165, 1.54) is 11.9 Å². The summed E-state index contributed by atoms with van der Waals surface area (Å²) in [5, 5.41) is 0. The Morgan fingerprint density at radius 2 is 1.87 bits per heavy atom. The third-order valence-electron chi connectivity index (χ3n) is 3.94. The minimum absolute atomic E-state index is 0.148. The van der Waals surface area contributed by atoms with Gasteiger partial charge in [0.2, 0.25) is 5.91 Å². The van der Waals surface area contributed by atoms with Crippen LogP contribution in [0.25, 0.3) is 0 Å². The van der Waals surface area contributed by atoms with Crippen LogP contribution in [0.5, 0.6) is 0 Å². The zero-order valence-corrected chi connectivity index (χ0v) is 12.5. The maximum atomic E-state index is 13.7. The number of hydrogen-bond acceptors (Lipinski definition) is 2. The number of nitrogens with zero attached hydrogens (tertiary/aromatic N) is 2. The molecule has 0 bridgehead atoms. The highest BCUT2D eigenvalue weighted by Gasteiger charge is 2.34. The van der Waals surface area contributed by atoms with E-state index in [0.29, 0.717) is 0 Å². The van der Waals surface area contributed by atoms with Crippen LogP contribution < -0.4 is 4.90 Å². The predicted octanol–water partition coefficient (Wildman–Crippen LogP) is 3.20. The van der Waals surface area contributed by atoms with Crippen LogP contribution in [0.4, 0.5) is 27.6 Å². The smallest absolute Gasteiger partial charge is 0.312 e. The van der Waals surface area contributed by atoms with E-state index in [1.54, 1.807) is 0 Å². The number of hydrogen-bond donors (Lipinski definition) is 0. The molecular formula is C15H17F5N2O. The highest BCUT2D eigenvalue weighted by molar-refractivity contribution is 5.94. The number of benzene rings is 1. The minimum atomic E-state index is -4.27. The van der Waals surface area contributed by atoms with Gasteiger partial charge in [0.05, 0.1) is 12.2 Å². The summed E-state index contributed by atoms with van der Waals surface area (Å²) in [7, 11) is 1.34. The lowest BCUT2D eigenvalue weighted by Crippen LogP contribution is -2.44. The van der Waals surface area contributed by atoms with Gasteiger partial charge in [-0.25, -0.2) is 8.78 Å². The van der Waals surface area contributed by atoms with E-state index in [-0.39, 0.29) is 31.6 Å². The van der Waals surface area contributed by atoms with Gasteiger partial charge in [0.25, 0.3) is 0 Å². The molecule has 2 rings (SSSR count). The molecule has 1 aliphatic heterocycles. The van der Waals surface area contributed by atoms with Crippen LogP contribution in [0, 0.1) is 17.6 Å². The Hall–Kier alpha value is -1.70. The van der Waals surface area contributed by atoms with Crippen molar-refractivity contribution in [2.24, 2.45) is 5.92 Å². The van der Waals surface area contributed by atoms with Crippen molar-refractivity contribution in [3.05, 3.63) is 29.8 Å². The van der Waals surface area contributed by atoms with E-state index in [4.69, 9.17) is 0 Å². The van der Waals surface area contributed by atoms with Crippen molar-refractivity contribution in [3.63, 3.8) is 0 Å². The molecule has 1 aliphatic rings. The molecule has 3 nitrogen and oxygen atoms in total. The molecule has 1 aromatic rings. The van der Waals surface area contributed by atoms with Crippen LogP contribution in [-0.4, -0.2) is 43.7 Å². The number of likely N-dealkylation sites (tertiary alicyclic amines) is 1. The lowest BCUT2D eigenvalue weighted by atomic mass is 9.95. The van der Waals surface area contributed by atoms with Crippen molar-refractivity contribution in [2.75, 3.05) is 31.6 Å². The van der Waals surface area contributed by atoms with Gasteiger partial charge in [-0.2, -0.15) is 13.2 Å². The molecule has 128 valence electrons. The lowest BCUT2D eigenvalue weighted by Gasteiger charge is -2.33. The Bertz CT molecular complexity index is 567. The van der Waals surface area contributed by atoms with Gasteiger partial charge in [0.15, 0.2) is 0 Å². The fourth-order valence-electron chi connectivity index (χ4n) is 2.73. The van der Waals surface area contributed by atoms with Gasteiger partial charge in [0, 0.05) is 19.0 Å². The number of alkyl halides is 3. The van der Waals surface area contributed by atoms with Crippen molar-refractivity contribution in [1.82, 2.24) is 4.90 Å². The summed E-state index contributed by atoms with van der Waals surface area (Å²) in [5.74, 6) is -2.30. The molecule has 8 heteroatoms. The molecule has 0 aromatic heterocycles. The molecule has 0 aliphatic carbocycles. The molecular weight excluding hydrogens is 319 g/mol. The largest absolute Gasteiger partial charge is 0.401 e. The van der Waals surface area contributed by atoms with Gasteiger partial charge >= 0.3 is 6.18 Å². The molecule has 0 atom stereocenters. The molecule has 0 radical (unpaired) electrons. The quantitative estimate of drug-likeness (QED) is 0.792. The summed E-state index contributed by atoms with van der Waals surface area (Å²) in [6.07, 6.45) is -3.75. The summed E-state index contributed by atoms with van der Waals surface area (Å²) in [6.45, 7) is -0.701. The SMILES string of the molecule is CN(C(=O)C1CCN(CC(F)(F)F)CC1)c1cc(F)ccc1F. The fourth-order valence-corrected chi connectivity index (χ4v) is 2.73. The molecule has 0 N–H and O–H groups in total. The molecule has 1 fully saturated rings. The third-order valence-corrected chi connectivity index (χ3v) is 3.94. The average molecular weight is 336 g/mol. The molecule has 0 unspecified atom stereocenters. The van der Waals surface area contributed by atoms with Gasteiger partial charge in [-0.05, 0) is 38.1 Å². The van der Waals surface area contributed by atoms with E-state index < -0.39 is 36.2 Å². The van der Waals surface area contributed by atoms with Gasteiger partial charge in [-0.3, -0.25) is 9.69 Å². The van der Waals surface area contributed by atoms with Gasteiger partial charge in [-0.15, -0.1) is 0 Å². The Balaban J connectivity index is 1.98. The first-order valence-electron chi connectivity index (χ1n) is 7.19. The Morgan fingerprint density at radius 1 is 1.26 bits per heavy atom. The third kappa shape index (κ3) is 4.63. The predicted molar refractivity (Wildman–Crippen MR) is 75.0 cm³/mol. The summed E-state index contributed by atoms with van der Waals surface area (Å²) in [6, 6.07) is 2.80. The van der Waals surface area contributed by atoms with Gasteiger partial charge in [0.1, 0.15) is 11.6 Å². The maximum absolute atomic E-state index is 13.7. The maximum Gasteiger partial charge on any atom is 0.401 e. The van der Waals surface area contributed by atoms with Crippen LogP contribution >= 0.6 is 0 Å². The second-order valence-corrected chi connectivity index (χ2v) is 5.66. The minimum Gasteiger partial charge on any atom is -0.312 e. The monoisotopic (exact) mass is 336 g/mol. The van der Waals surface area contributed by atoms with Gasteiger partial charge < -0.3 is 4.90 Å². The van der Waals surface area contributed by atoms with Crippen molar-refractivity contribution < 1.29 is 26.7 Å². The normalized spacial score (nSPS) is 17.3. The summed E-state index contributed by atoms with van der Waals surface area (Å²) in [5.41, 5.74) is -0.173. The highest BCUT2D eigenvalue weighted by Crippen LogP contribution is 2.26. The van der Waals surface area contributed by atoms with E-state index in [9.17, 15) is 26.7 Å². The second kappa shape index (κ2) is 6.82. The molecule has 0 spiro atoms. The number of piperidine rings is 1. The average Bonchev–Trinajstić information content (AvgIpc) is 2.47. The van der Waals surface area contributed by atoms with E-state index in [0.717, 1.165) is 23.1 Å². The first-order chi connectivity index (χ1) is 10.7. The van der Waals surface area contributed by atoms with Crippen LogP contribution in [0.15, 0.2) is 18.2 Å².